The fraction of sp³-hybridized carbons (Fsp3) is 0.500. The zero-order valence-electron chi connectivity index (χ0n) is 10.3. The zero-order chi connectivity index (χ0) is 11.8. The number of aryl methyl sites for hydroxylation is 2. The highest BCUT2D eigenvalue weighted by molar-refractivity contribution is 5.77. The van der Waals surface area contributed by atoms with Crippen molar-refractivity contribution in [2.45, 2.75) is 38.6 Å². The predicted octanol–water partition coefficient (Wildman–Crippen LogP) is 2.43. The molecule has 0 saturated heterocycles. The summed E-state index contributed by atoms with van der Waals surface area (Å²) in [6.07, 6.45) is 3.41. The van der Waals surface area contributed by atoms with Gasteiger partial charge in [0.05, 0.1) is 11.0 Å². The molecule has 0 spiro atoms. The van der Waals surface area contributed by atoms with Crippen LogP contribution < -0.4 is 5.73 Å². The van der Waals surface area contributed by atoms with Gasteiger partial charge >= 0.3 is 0 Å². The molecule has 0 aliphatic carbocycles. The molecule has 17 heavy (non-hydrogen) atoms. The molecule has 0 fully saturated rings. The van der Waals surface area contributed by atoms with Crippen molar-refractivity contribution in [1.29, 1.82) is 0 Å². The summed E-state index contributed by atoms with van der Waals surface area (Å²) in [7, 11) is 0. The van der Waals surface area contributed by atoms with Crippen LogP contribution in [0.4, 0.5) is 0 Å². The highest BCUT2D eigenvalue weighted by atomic mass is 15.1. The van der Waals surface area contributed by atoms with Gasteiger partial charge in [-0.25, -0.2) is 4.98 Å². The first-order chi connectivity index (χ1) is 8.29. The lowest BCUT2D eigenvalue weighted by atomic mass is 9.97. The van der Waals surface area contributed by atoms with Gasteiger partial charge in [0, 0.05) is 13.0 Å². The van der Waals surface area contributed by atoms with Gasteiger partial charge in [-0.2, -0.15) is 0 Å². The number of hydrogen-bond donors (Lipinski definition) is 1. The van der Waals surface area contributed by atoms with Gasteiger partial charge in [0.2, 0.25) is 0 Å². The third-order valence-corrected chi connectivity index (χ3v) is 3.80. The van der Waals surface area contributed by atoms with Crippen LogP contribution in [0.2, 0.25) is 0 Å². The van der Waals surface area contributed by atoms with E-state index >= 15 is 0 Å². The minimum absolute atomic E-state index is 0.539. The van der Waals surface area contributed by atoms with Gasteiger partial charge in [-0.1, -0.05) is 13.0 Å². The monoisotopic (exact) mass is 229 g/mol. The molecule has 3 heteroatoms. The highest BCUT2D eigenvalue weighted by Crippen LogP contribution is 2.27. The minimum atomic E-state index is 0.539. The quantitative estimate of drug-likeness (QED) is 0.878. The van der Waals surface area contributed by atoms with Crippen molar-refractivity contribution < 1.29 is 0 Å². The second kappa shape index (κ2) is 4.15. The molecule has 1 aliphatic heterocycles. The van der Waals surface area contributed by atoms with E-state index in [0.29, 0.717) is 5.92 Å². The second-order valence-corrected chi connectivity index (χ2v) is 5.01. The number of hydrogen-bond acceptors (Lipinski definition) is 2. The van der Waals surface area contributed by atoms with Crippen molar-refractivity contribution in [3.05, 3.63) is 29.6 Å². The smallest absolute Gasteiger partial charge is 0.109 e. The molecule has 2 aromatic rings. The molecule has 1 aromatic carbocycles. The van der Waals surface area contributed by atoms with Gasteiger partial charge in [-0.05, 0) is 43.0 Å². The molecule has 2 N–H and O–H groups in total. The van der Waals surface area contributed by atoms with Crippen molar-refractivity contribution in [2.24, 2.45) is 5.73 Å². The average Bonchev–Trinajstić information content (AvgIpc) is 2.88. The lowest BCUT2D eigenvalue weighted by Crippen LogP contribution is -2.04. The van der Waals surface area contributed by atoms with E-state index in [1.54, 1.807) is 0 Å². The van der Waals surface area contributed by atoms with Gasteiger partial charge in [-0.15, -0.1) is 0 Å². The van der Waals surface area contributed by atoms with E-state index in [1.807, 2.05) is 0 Å². The number of benzene rings is 1. The van der Waals surface area contributed by atoms with Gasteiger partial charge in [0.15, 0.2) is 0 Å². The van der Waals surface area contributed by atoms with E-state index in [0.717, 1.165) is 31.4 Å². The van der Waals surface area contributed by atoms with E-state index in [4.69, 9.17) is 5.73 Å². The molecule has 0 amide bonds. The van der Waals surface area contributed by atoms with Gasteiger partial charge < -0.3 is 10.3 Å². The fourth-order valence-corrected chi connectivity index (χ4v) is 2.75. The number of imidazole rings is 1. The number of nitrogens with two attached hydrogens (primary N) is 1. The predicted molar refractivity (Wildman–Crippen MR) is 70.1 cm³/mol. The molecule has 1 atom stereocenters. The molecule has 3 rings (SSSR count). The maximum atomic E-state index is 5.63. The Kier molecular flexibility index (Phi) is 2.63. The Morgan fingerprint density at radius 2 is 2.35 bits per heavy atom. The lowest BCUT2D eigenvalue weighted by Gasteiger charge is -2.10. The van der Waals surface area contributed by atoms with Crippen molar-refractivity contribution in [1.82, 2.24) is 9.55 Å². The fourth-order valence-electron chi connectivity index (χ4n) is 2.75. The van der Waals surface area contributed by atoms with Crippen LogP contribution in [0.25, 0.3) is 11.0 Å². The summed E-state index contributed by atoms with van der Waals surface area (Å²) in [5.41, 5.74) is 9.47. The largest absolute Gasteiger partial charge is 0.330 e. The van der Waals surface area contributed by atoms with E-state index in [-0.39, 0.29) is 0 Å². The summed E-state index contributed by atoms with van der Waals surface area (Å²) in [4.78, 5) is 4.68. The maximum absolute atomic E-state index is 5.63. The van der Waals surface area contributed by atoms with Gasteiger partial charge in [-0.3, -0.25) is 0 Å². The van der Waals surface area contributed by atoms with Crippen LogP contribution in [0.15, 0.2) is 18.2 Å². The van der Waals surface area contributed by atoms with Crippen LogP contribution in [0.5, 0.6) is 0 Å². The zero-order valence-corrected chi connectivity index (χ0v) is 10.3. The Bertz CT molecular complexity index is 542. The first kappa shape index (κ1) is 10.8. The Morgan fingerprint density at radius 1 is 1.47 bits per heavy atom. The molecule has 2 heterocycles. The summed E-state index contributed by atoms with van der Waals surface area (Å²) in [6.45, 7) is 4.12. The molecule has 90 valence electrons. The van der Waals surface area contributed by atoms with E-state index in [9.17, 15) is 0 Å². The van der Waals surface area contributed by atoms with Gasteiger partial charge in [0.1, 0.15) is 5.82 Å². The molecule has 1 aromatic heterocycles. The average molecular weight is 229 g/mol. The molecular weight excluding hydrogens is 210 g/mol. The summed E-state index contributed by atoms with van der Waals surface area (Å²) >= 11 is 0. The number of aromatic nitrogens is 2. The van der Waals surface area contributed by atoms with Crippen LogP contribution in [-0.2, 0) is 13.0 Å². The van der Waals surface area contributed by atoms with Crippen LogP contribution >= 0.6 is 0 Å². The summed E-state index contributed by atoms with van der Waals surface area (Å²) in [6, 6.07) is 6.66. The summed E-state index contributed by atoms with van der Waals surface area (Å²) < 4.78 is 2.37. The minimum Gasteiger partial charge on any atom is -0.330 e. The molecule has 3 nitrogen and oxygen atoms in total. The molecule has 0 radical (unpaired) electrons. The van der Waals surface area contributed by atoms with Gasteiger partial charge in [0.25, 0.3) is 0 Å². The normalized spacial score (nSPS) is 16.4. The van der Waals surface area contributed by atoms with Crippen LogP contribution in [-0.4, -0.2) is 16.1 Å². The van der Waals surface area contributed by atoms with Crippen LogP contribution in [0.3, 0.4) is 0 Å². The van der Waals surface area contributed by atoms with E-state index in [2.05, 4.69) is 34.7 Å². The topological polar surface area (TPSA) is 43.8 Å². The van der Waals surface area contributed by atoms with Crippen molar-refractivity contribution >= 4 is 11.0 Å². The molecule has 1 aliphatic rings. The standard InChI is InChI=1S/C14H19N3/c1-10(6-7-15)11-4-5-12-13(9-11)17-8-2-3-14(17)16-12/h4-5,9-10H,2-3,6-8,15H2,1H3. The summed E-state index contributed by atoms with van der Waals surface area (Å²) in [5.74, 6) is 1.79. The van der Waals surface area contributed by atoms with E-state index < -0.39 is 0 Å². The number of fused-ring (bicyclic) bond motifs is 3. The molecule has 0 bridgehead atoms. The maximum Gasteiger partial charge on any atom is 0.109 e. The number of rotatable bonds is 3. The Morgan fingerprint density at radius 3 is 3.18 bits per heavy atom. The Balaban J connectivity index is 2.05. The molecule has 1 unspecified atom stereocenters. The third-order valence-electron chi connectivity index (χ3n) is 3.80. The van der Waals surface area contributed by atoms with Crippen molar-refractivity contribution in [2.75, 3.05) is 6.54 Å². The molecule has 0 saturated carbocycles. The molecular formula is C14H19N3. The Hall–Kier alpha value is -1.35. The van der Waals surface area contributed by atoms with Crippen LogP contribution in [0.1, 0.15) is 37.1 Å². The summed E-state index contributed by atoms with van der Waals surface area (Å²) in [5, 5.41) is 0. The van der Waals surface area contributed by atoms with Crippen molar-refractivity contribution in [3.8, 4) is 0 Å². The first-order valence-electron chi connectivity index (χ1n) is 6.48. The first-order valence-corrected chi connectivity index (χ1v) is 6.48. The third kappa shape index (κ3) is 1.75. The second-order valence-electron chi connectivity index (χ2n) is 5.01. The SMILES string of the molecule is CC(CCN)c1ccc2nc3n(c2c1)CCC3. The van der Waals surface area contributed by atoms with Crippen molar-refractivity contribution in [3.63, 3.8) is 0 Å². The number of nitrogens with zero attached hydrogens (tertiary/aromatic N) is 2. The van der Waals surface area contributed by atoms with E-state index in [1.165, 1.54) is 23.3 Å². The lowest BCUT2D eigenvalue weighted by molar-refractivity contribution is 0.690. The Labute approximate surface area is 102 Å². The van der Waals surface area contributed by atoms with Crippen LogP contribution in [0, 0.1) is 0 Å². The highest BCUT2D eigenvalue weighted by Gasteiger charge is 2.16.